The lowest BCUT2D eigenvalue weighted by Crippen LogP contribution is -2.46. The second-order valence-electron chi connectivity index (χ2n) is 8.76. The van der Waals surface area contributed by atoms with Crippen LogP contribution in [0.4, 0.5) is 14.6 Å². The van der Waals surface area contributed by atoms with Gasteiger partial charge < -0.3 is 14.4 Å². The number of aromatic nitrogens is 2. The molecule has 0 amide bonds. The number of rotatable bonds is 4. The summed E-state index contributed by atoms with van der Waals surface area (Å²) in [5, 5.41) is 18.9. The average Bonchev–Trinajstić information content (AvgIpc) is 3.20. The first-order valence-electron chi connectivity index (χ1n) is 10.7. The third kappa shape index (κ3) is 3.63. The van der Waals surface area contributed by atoms with Crippen molar-refractivity contribution in [2.75, 3.05) is 11.9 Å². The van der Waals surface area contributed by atoms with Crippen LogP contribution in [0, 0.1) is 17.7 Å². The van der Waals surface area contributed by atoms with Crippen molar-refractivity contribution in [3.05, 3.63) is 58.9 Å². The largest absolute Gasteiger partial charge is 0.507 e. The third-order valence-electron chi connectivity index (χ3n) is 6.86. The van der Waals surface area contributed by atoms with Gasteiger partial charge in [-0.2, -0.15) is 0 Å². The number of hydrogen-bond donors (Lipinski definition) is 1. The molecule has 2 saturated carbocycles. The Bertz CT molecular complexity index is 1200. The molecule has 1 N–H and O–H groups in total. The Balaban J connectivity index is 1.40. The maximum absolute atomic E-state index is 14.9. The maximum atomic E-state index is 14.9. The predicted octanol–water partition coefficient (Wildman–Crippen LogP) is 4.57. The van der Waals surface area contributed by atoms with Gasteiger partial charge >= 0.3 is 5.63 Å². The molecule has 2 heterocycles. The van der Waals surface area contributed by atoms with Crippen LogP contribution < -0.4 is 10.5 Å². The molecule has 166 valence electrons. The summed E-state index contributed by atoms with van der Waals surface area (Å²) in [4.78, 5) is 13.3. The zero-order valence-corrected chi connectivity index (χ0v) is 17.5. The molecular weight excluding hydrogens is 416 g/mol. The summed E-state index contributed by atoms with van der Waals surface area (Å²) in [5.41, 5.74) is 0.223. The summed E-state index contributed by atoms with van der Waals surface area (Å²) in [6, 6.07) is 8.11. The van der Waals surface area contributed by atoms with E-state index < -0.39 is 17.6 Å². The number of fused-ring (bicyclic) bond motifs is 2. The van der Waals surface area contributed by atoms with Gasteiger partial charge in [-0.25, -0.2) is 13.6 Å². The Morgan fingerprint density at radius 1 is 1.09 bits per heavy atom. The topological polar surface area (TPSA) is 79.5 Å². The van der Waals surface area contributed by atoms with Crippen molar-refractivity contribution in [3.63, 3.8) is 0 Å². The summed E-state index contributed by atoms with van der Waals surface area (Å²) in [7, 11) is 1.83. The van der Waals surface area contributed by atoms with E-state index in [1.54, 1.807) is 12.1 Å². The third-order valence-corrected chi connectivity index (χ3v) is 6.86. The van der Waals surface area contributed by atoms with Crippen LogP contribution in [-0.4, -0.2) is 34.6 Å². The van der Waals surface area contributed by atoms with Crippen LogP contribution in [0.1, 0.15) is 25.7 Å². The lowest BCUT2D eigenvalue weighted by molar-refractivity contribution is 0.144. The van der Waals surface area contributed by atoms with Crippen molar-refractivity contribution < 1.29 is 18.3 Å². The van der Waals surface area contributed by atoms with Crippen molar-refractivity contribution in [3.8, 4) is 28.1 Å². The molecule has 0 aliphatic heterocycles. The van der Waals surface area contributed by atoms with Crippen LogP contribution in [-0.2, 0) is 0 Å². The molecule has 2 aliphatic carbocycles. The number of halogens is 2. The molecule has 6 nitrogen and oxygen atoms in total. The summed E-state index contributed by atoms with van der Waals surface area (Å²) in [6.45, 7) is 0. The quantitative estimate of drug-likeness (QED) is 0.642. The van der Waals surface area contributed by atoms with Crippen molar-refractivity contribution in [2.45, 2.75) is 37.9 Å². The van der Waals surface area contributed by atoms with Crippen molar-refractivity contribution in [1.29, 1.82) is 0 Å². The Morgan fingerprint density at radius 2 is 1.94 bits per heavy atom. The minimum absolute atomic E-state index is 0.0735. The fourth-order valence-electron chi connectivity index (χ4n) is 5.14. The average molecular weight is 439 g/mol. The van der Waals surface area contributed by atoms with Gasteiger partial charge in [0.25, 0.3) is 0 Å². The maximum Gasteiger partial charge on any atom is 0.336 e. The zero-order chi connectivity index (χ0) is 22.4. The van der Waals surface area contributed by atoms with Crippen LogP contribution in [0.3, 0.4) is 0 Å². The van der Waals surface area contributed by atoms with E-state index in [1.807, 2.05) is 11.9 Å². The first-order valence-corrected chi connectivity index (χ1v) is 10.7. The molecule has 0 spiro atoms. The molecule has 0 unspecified atom stereocenters. The normalized spacial score (nSPS) is 24.5. The molecule has 32 heavy (non-hydrogen) atoms. The monoisotopic (exact) mass is 439 g/mol. The number of anilines is 1. The number of alkyl halides is 1. The van der Waals surface area contributed by atoms with Gasteiger partial charge in [0.1, 0.15) is 17.7 Å². The Morgan fingerprint density at radius 3 is 2.69 bits per heavy atom. The van der Waals surface area contributed by atoms with Gasteiger partial charge in [0.05, 0.1) is 18.0 Å². The minimum atomic E-state index is -0.883. The van der Waals surface area contributed by atoms with E-state index in [1.165, 1.54) is 18.4 Å². The number of benzene rings is 1. The van der Waals surface area contributed by atoms with E-state index in [2.05, 4.69) is 14.6 Å². The van der Waals surface area contributed by atoms with Crippen molar-refractivity contribution in [2.24, 2.45) is 11.8 Å². The standard InChI is InChI=1S/C24H23F2N3O3/c1-29(20-9-13-2-3-15(8-13)24(20)26)22-5-4-19(27-28-22)17-11-18(25)16(12-21(17)30)14-6-7-32-23(31)10-14/h4-7,10-13,15,20,24,30H,2-3,8-9H2,1H3/t13-,15+,20+,24-/m0/s1. The van der Waals surface area contributed by atoms with E-state index in [9.17, 15) is 18.7 Å². The van der Waals surface area contributed by atoms with Crippen molar-refractivity contribution in [1.82, 2.24) is 10.2 Å². The highest BCUT2D eigenvalue weighted by Crippen LogP contribution is 2.45. The number of nitrogens with zero attached hydrogens (tertiary/aromatic N) is 3. The summed E-state index contributed by atoms with van der Waals surface area (Å²) < 4.78 is 34.4. The Kier molecular flexibility index (Phi) is 5.15. The smallest absolute Gasteiger partial charge is 0.336 e. The lowest BCUT2D eigenvalue weighted by atomic mass is 9.83. The number of phenols is 1. The summed E-state index contributed by atoms with van der Waals surface area (Å²) in [5.74, 6) is 0.418. The molecular formula is C24H23F2N3O3. The molecule has 2 bridgehead atoms. The molecule has 2 aromatic heterocycles. The van der Waals surface area contributed by atoms with Crippen LogP contribution in [0.2, 0.25) is 0 Å². The van der Waals surface area contributed by atoms with E-state index in [0.29, 0.717) is 17.3 Å². The lowest BCUT2D eigenvalue weighted by Gasteiger charge is -2.38. The highest BCUT2D eigenvalue weighted by Gasteiger charge is 2.44. The highest BCUT2D eigenvalue weighted by atomic mass is 19.1. The first-order chi connectivity index (χ1) is 15.4. The minimum Gasteiger partial charge on any atom is -0.507 e. The zero-order valence-electron chi connectivity index (χ0n) is 17.5. The van der Waals surface area contributed by atoms with Gasteiger partial charge in [0, 0.05) is 24.2 Å². The molecule has 1 aromatic carbocycles. The summed E-state index contributed by atoms with van der Waals surface area (Å²) >= 11 is 0. The van der Waals surface area contributed by atoms with Gasteiger partial charge in [0.2, 0.25) is 0 Å². The fraction of sp³-hybridized carbons (Fsp3) is 0.375. The van der Waals surface area contributed by atoms with E-state index in [-0.39, 0.29) is 34.5 Å². The first kappa shape index (κ1) is 20.6. The van der Waals surface area contributed by atoms with Gasteiger partial charge in [-0.3, -0.25) is 0 Å². The second kappa shape index (κ2) is 8.00. The fourth-order valence-corrected chi connectivity index (χ4v) is 5.14. The number of aromatic hydroxyl groups is 1. The molecule has 2 aliphatic rings. The second-order valence-corrected chi connectivity index (χ2v) is 8.76. The Labute approximate surface area is 183 Å². The molecule has 4 atom stereocenters. The van der Waals surface area contributed by atoms with Crippen LogP contribution in [0.5, 0.6) is 5.75 Å². The molecule has 0 saturated heterocycles. The van der Waals surface area contributed by atoms with Gasteiger partial charge in [0.15, 0.2) is 5.82 Å². The molecule has 2 fully saturated rings. The number of hydrogen-bond acceptors (Lipinski definition) is 6. The summed E-state index contributed by atoms with van der Waals surface area (Å²) in [6.07, 6.45) is 4.12. The van der Waals surface area contributed by atoms with Crippen LogP contribution in [0.15, 0.2) is 51.9 Å². The van der Waals surface area contributed by atoms with E-state index in [4.69, 9.17) is 0 Å². The van der Waals surface area contributed by atoms with Gasteiger partial charge in [-0.1, -0.05) is 0 Å². The predicted molar refractivity (Wildman–Crippen MR) is 116 cm³/mol. The molecule has 0 radical (unpaired) electrons. The molecule has 3 aromatic rings. The highest BCUT2D eigenvalue weighted by molar-refractivity contribution is 5.74. The molecule has 5 rings (SSSR count). The molecule has 8 heteroatoms. The SMILES string of the molecule is CN(c1ccc(-c2cc(F)c(-c3ccoc(=O)c3)cc2O)nn1)[C@@H]1C[C@H]2CC[C@H](C2)[C@@H]1F. The Hall–Kier alpha value is -3.29. The van der Waals surface area contributed by atoms with E-state index >= 15 is 0 Å². The number of phenolic OH excluding ortho intramolecular Hbond substituents is 1. The van der Waals surface area contributed by atoms with Gasteiger partial charge in [-0.15, -0.1) is 10.2 Å². The van der Waals surface area contributed by atoms with Crippen LogP contribution in [0.25, 0.3) is 22.4 Å². The van der Waals surface area contributed by atoms with E-state index in [0.717, 1.165) is 37.8 Å². The van der Waals surface area contributed by atoms with Crippen molar-refractivity contribution >= 4 is 5.82 Å². The van der Waals surface area contributed by atoms with Crippen LogP contribution >= 0.6 is 0 Å². The van der Waals surface area contributed by atoms with Gasteiger partial charge in [-0.05, 0) is 73.4 Å².